The largest absolute Gasteiger partial charge is 0.411 e. The van der Waals surface area contributed by atoms with Crippen molar-refractivity contribution in [2.24, 2.45) is 12.2 Å². The molecular weight excluding hydrogens is 140 g/mol. The lowest BCUT2D eigenvalue weighted by molar-refractivity contribution is 0.322. The minimum Gasteiger partial charge on any atom is -0.411 e. The third-order valence-corrected chi connectivity index (χ3v) is 1.40. The Hall–Kier alpha value is -1.51. The van der Waals surface area contributed by atoms with E-state index in [-0.39, 0.29) is 0 Å². The van der Waals surface area contributed by atoms with E-state index in [1.807, 2.05) is 36.0 Å². The summed E-state index contributed by atoms with van der Waals surface area (Å²) >= 11 is 0. The SMILES string of the molecule is Cn1cccc1C=CC=NO. The summed E-state index contributed by atoms with van der Waals surface area (Å²) in [6, 6.07) is 3.93. The van der Waals surface area contributed by atoms with Crippen LogP contribution in [0.5, 0.6) is 0 Å². The van der Waals surface area contributed by atoms with Crippen molar-refractivity contribution < 1.29 is 5.21 Å². The van der Waals surface area contributed by atoms with E-state index < -0.39 is 0 Å². The van der Waals surface area contributed by atoms with Crippen LogP contribution < -0.4 is 0 Å². The number of rotatable bonds is 2. The average Bonchev–Trinajstić information content (AvgIpc) is 2.37. The summed E-state index contributed by atoms with van der Waals surface area (Å²) in [6.45, 7) is 0. The first kappa shape index (κ1) is 7.60. The molecule has 0 amide bonds. The van der Waals surface area contributed by atoms with E-state index in [9.17, 15) is 0 Å². The van der Waals surface area contributed by atoms with Gasteiger partial charge in [0.2, 0.25) is 0 Å². The maximum atomic E-state index is 8.08. The van der Waals surface area contributed by atoms with Crippen LogP contribution in [0.15, 0.2) is 29.6 Å². The zero-order valence-corrected chi connectivity index (χ0v) is 6.31. The fourth-order valence-corrected chi connectivity index (χ4v) is 0.828. The van der Waals surface area contributed by atoms with Crippen LogP contribution in [-0.4, -0.2) is 16.0 Å². The average molecular weight is 150 g/mol. The van der Waals surface area contributed by atoms with E-state index in [2.05, 4.69) is 5.16 Å². The molecule has 0 aliphatic rings. The fourth-order valence-electron chi connectivity index (χ4n) is 0.828. The molecule has 0 aliphatic carbocycles. The number of allylic oxidation sites excluding steroid dienone is 1. The van der Waals surface area contributed by atoms with Crippen molar-refractivity contribution in [3.05, 3.63) is 30.1 Å². The number of nitrogens with zero attached hydrogens (tertiary/aromatic N) is 2. The molecule has 3 heteroatoms. The summed E-state index contributed by atoms with van der Waals surface area (Å²) < 4.78 is 1.97. The van der Waals surface area contributed by atoms with Gasteiger partial charge in [0.25, 0.3) is 0 Å². The predicted octanol–water partition coefficient (Wildman–Crippen LogP) is 1.50. The van der Waals surface area contributed by atoms with Gasteiger partial charge in [-0.05, 0) is 24.3 Å². The van der Waals surface area contributed by atoms with Gasteiger partial charge in [-0.3, -0.25) is 0 Å². The molecule has 0 aliphatic heterocycles. The molecule has 0 fully saturated rings. The lowest BCUT2D eigenvalue weighted by Crippen LogP contribution is -1.86. The fraction of sp³-hybridized carbons (Fsp3) is 0.125. The van der Waals surface area contributed by atoms with Crippen molar-refractivity contribution in [1.29, 1.82) is 0 Å². The van der Waals surface area contributed by atoms with Crippen LogP contribution >= 0.6 is 0 Å². The first-order valence-electron chi connectivity index (χ1n) is 3.30. The first-order chi connectivity index (χ1) is 5.34. The van der Waals surface area contributed by atoms with Crippen molar-refractivity contribution in [3.63, 3.8) is 0 Å². The van der Waals surface area contributed by atoms with Crippen LogP contribution in [0, 0.1) is 0 Å². The van der Waals surface area contributed by atoms with Crippen LogP contribution in [0.25, 0.3) is 6.08 Å². The molecule has 0 saturated carbocycles. The van der Waals surface area contributed by atoms with Crippen molar-refractivity contribution in [2.45, 2.75) is 0 Å². The number of hydrogen-bond acceptors (Lipinski definition) is 2. The summed E-state index contributed by atoms with van der Waals surface area (Å²) in [5.74, 6) is 0. The molecule has 1 aromatic heterocycles. The molecule has 0 spiro atoms. The first-order valence-corrected chi connectivity index (χ1v) is 3.30. The molecule has 1 heterocycles. The molecule has 3 nitrogen and oxygen atoms in total. The minimum atomic E-state index is 1.07. The number of aryl methyl sites for hydroxylation is 1. The van der Waals surface area contributed by atoms with Gasteiger partial charge in [0, 0.05) is 18.9 Å². The zero-order valence-electron chi connectivity index (χ0n) is 6.31. The Morgan fingerprint density at radius 1 is 1.64 bits per heavy atom. The van der Waals surface area contributed by atoms with Gasteiger partial charge in [-0.15, -0.1) is 0 Å². The van der Waals surface area contributed by atoms with Gasteiger partial charge in [-0.1, -0.05) is 5.16 Å². The molecule has 1 N–H and O–H groups in total. The zero-order chi connectivity index (χ0) is 8.10. The highest BCUT2D eigenvalue weighted by Crippen LogP contribution is 2.00. The summed E-state index contributed by atoms with van der Waals surface area (Å²) in [6.07, 6.45) is 6.82. The minimum absolute atomic E-state index is 1.07. The molecular formula is C8H10N2O. The smallest absolute Gasteiger partial charge is 0.0662 e. The molecule has 1 aromatic rings. The van der Waals surface area contributed by atoms with E-state index in [4.69, 9.17) is 5.21 Å². The molecule has 0 atom stereocenters. The van der Waals surface area contributed by atoms with Crippen molar-refractivity contribution in [2.75, 3.05) is 0 Å². The normalized spacial score (nSPS) is 11.7. The molecule has 58 valence electrons. The molecule has 0 aromatic carbocycles. The molecule has 0 radical (unpaired) electrons. The summed E-state index contributed by atoms with van der Waals surface area (Å²) in [7, 11) is 1.95. The van der Waals surface area contributed by atoms with Gasteiger partial charge in [0.15, 0.2) is 0 Å². The second-order valence-electron chi connectivity index (χ2n) is 2.17. The standard InChI is InChI=1S/C8H10N2O/c1-10-7-3-5-8(10)4-2-6-9-11/h2-7,11H,1H3. The Labute approximate surface area is 65.3 Å². The second kappa shape index (κ2) is 3.61. The number of oxime groups is 1. The van der Waals surface area contributed by atoms with E-state index in [1.54, 1.807) is 6.08 Å². The Morgan fingerprint density at radius 3 is 3.00 bits per heavy atom. The molecule has 0 bridgehead atoms. The van der Waals surface area contributed by atoms with E-state index >= 15 is 0 Å². The summed E-state index contributed by atoms with van der Waals surface area (Å²) in [5, 5.41) is 10.9. The Morgan fingerprint density at radius 2 is 2.45 bits per heavy atom. The van der Waals surface area contributed by atoms with Crippen LogP contribution in [0.3, 0.4) is 0 Å². The highest BCUT2D eigenvalue weighted by Gasteiger charge is 1.87. The third-order valence-electron chi connectivity index (χ3n) is 1.40. The summed E-state index contributed by atoms with van der Waals surface area (Å²) in [5.41, 5.74) is 1.07. The topological polar surface area (TPSA) is 37.5 Å². The van der Waals surface area contributed by atoms with Crippen LogP contribution in [0.1, 0.15) is 5.69 Å². The van der Waals surface area contributed by atoms with Gasteiger partial charge < -0.3 is 9.77 Å². The molecule has 0 saturated heterocycles. The Kier molecular flexibility index (Phi) is 2.49. The second-order valence-corrected chi connectivity index (χ2v) is 2.17. The Bertz CT molecular complexity index is 273. The van der Waals surface area contributed by atoms with Crippen LogP contribution in [-0.2, 0) is 7.05 Å². The predicted molar refractivity (Wildman–Crippen MR) is 44.7 cm³/mol. The van der Waals surface area contributed by atoms with Gasteiger partial charge in [0.05, 0.1) is 6.21 Å². The molecule has 11 heavy (non-hydrogen) atoms. The maximum Gasteiger partial charge on any atom is 0.0662 e. The highest BCUT2D eigenvalue weighted by molar-refractivity contribution is 5.77. The van der Waals surface area contributed by atoms with Gasteiger partial charge in [-0.25, -0.2) is 0 Å². The maximum absolute atomic E-state index is 8.08. The lowest BCUT2D eigenvalue weighted by atomic mass is 10.4. The highest BCUT2D eigenvalue weighted by atomic mass is 16.4. The van der Waals surface area contributed by atoms with Crippen molar-refractivity contribution in [3.8, 4) is 0 Å². The molecule has 0 unspecified atom stereocenters. The van der Waals surface area contributed by atoms with Crippen LogP contribution in [0.4, 0.5) is 0 Å². The van der Waals surface area contributed by atoms with Crippen LogP contribution in [0.2, 0.25) is 0 Å². The number of hydrogen-bond donors (Lipinski definition) is 1. The monoisotopic (exact) mass is 150 g/mol. The quantitative estimate of drug-likeness (QED) is 0.387. The van der Waals surface area contributed by atoms with E-state index in [0.717, 1.165) is 5.69 Å². The van der Waals surface area contributed by atoms with Crippen molar-refractivity contribution in [1.82, 2.24) is 4.57 Å². The van der Waals surface area contributed by atoms with Gasteiger partial charge in [0.1, 0.15) is 0 Å². The molecule has 1 rings (SSSR count). The van der Waals surface area contributed by atoms with Gasteiger partial charge in [-0.2, -0.15) is 0 Å². The Balaban J connectivity index is 2.71. The van der Waals surface area contributed by atoms with E-state index in [0.29, 0.717) is 0 Å². The third kappa shape index (κ3) is 1.97. The lowest BCUT2D eigenvalue weighted by Gasteiger charge is -1.92. The summed E-state index contributed by atoms with van der Waals surface area (Å²) in [4.78, 5) is 0. The van der Waals surface area contributed by atoms with Crippen molar-refractivity contribution >= 4 is 12.3 Å². The van der Waals surface area contributed by atoms with Gasteiger partial charge >= 0.3 is 0 Å². The van der Waals surface area contributed by atoms with E-state index in [1.165, 1.54) is 6.21 Å². The number of aromatic nitrogens is 1.